The third-order valence-corrected chi connectivity index (χ3v) is 2.47. The topological polar surface area (TPSA) is 30.9 Å². The molecular formula is C10H18F3NO3. The number of nitrogens with zero attached hydrogens (tertiary/aromatic N) is 1. The summed E-state index contributed by atoms with van der Waals surface area (Å²) in [5.74, 6) is 0. The predicted octanol–water partition coefficient (Wildman–Crippen LogP) is 0.913. The van der Waals surface area contributed by atoms with Crippen molar-refractivity contribution < 1.29 is 27.4 Å². The molecule has 0 bridgehead atoms. The molecule has 0 aromatic carbocycles. The molecule has 0 aromatic rings. The van der Waals surface area contributed by atoms with Gasteiger partial charge in [-0.3, -0.25) is 4.90 Å². The van der Waals surface area contributed by atoms with Gasteiger partial charge in [0.2, 0.25) is 0 Å². The summed E-state index contributed by atoms with van der Waals surface area (Å²) < 4.78 is 50.5. The number of hydrogen-bond acceptors (Lipinski definition) is 4. The van der Waals surface area contributed by atoms with Gasteiger partial charge >= 0.3 is 6.18 Å². The number of morpholine rings is 1. The van der Waals surface area contributed by atoms with E-state index in [1.807, 2.05) is 0 Å². The lowest BCUT2D eigenvalue weighted by molar-refractivity contribution is -0.181. The Balaban J connectivity index is 2.18. The molecule has 1 heterocycles. The van der Waals surface area contributed by atoms with Crippen LogP contribution in [0.1, 0.15) is 0 Å². The molecule has 0 radical (unpaired) electrons. The Kier molecular flexibility index (Phi) is 6.18. The highest BCUT2D eigenvalue weighted by Gasteiger charge is 2.28. The first kappa shape index (κ1) is 14.7. The summed E-state index contributed by atoms with van der Waals surface area (Å²) in [6.45, 7) is 2.15. The lowest BCUT2D eigenvalue weighted by Gasteiger charge is -2.29. The van der Waals surface area contributed by atoms with Gasteiger partial charge < -0.3 is 14.2 Å². The van der Waals surface area contributed by atoms with Crippen molar-refractivity contribution in [3.63, 3.8) is 0 Å². The summed E-state index contributed by atoms with van der Waals surface area (Å²) in [5.41, 5.74) is 0. The highest BCUT2D eigenvalue weighted by molar-refractivity contribution is 4.68. The van der Waals surface area contributed by atoms with Crippen molar-refractivity contribution in [2.45, 2.75) is 12.3 Å². The second kappa shape index (κ2) is 7.15. The van der Waals surface area contributed by atoms with Crippen LogP contribution < -0.4 is 0 Å². The van der Waals surface area contributed by atoms with Gasteiger partial charge in [0.25, 0.3) is 0 Å². The Morgan fingerprint density at radius 2 is 1.94 bits per heavy atom. The molecule has 0 aliphatic carbocycles. The fraction of sp³-hybridized carbons (Fsp3) is 1.00. The fourth-order valence-corrected chi connectivity index (χ4v) is 1.57. The van der Waals surface area contributed by atoms with Crippen LogP contribution in [0.5, 0.6) is 0 Å². The van der Waals surface area contributed by atoms with Crippen LogP contribution in [0.3, 0.4) is 0 Å². The first-order chi connectivity index (χ1) is 8.01. The highest BCUT2D eigenvalue weighted by atomic mass is 19.4. The molecule has 0 aromatic heterocycles. The van der Waals surface area contributed by atoms with Crippen LogP contribution in [0.2, 0.25) is 0 Å². The predicted molar refractivity (Wildman–Crippen MR) is 54.9 cm³/mol. The van der Waals surface area contributed by atoms with Gasteiger partial charge in [0.05, 0.1) is 25.9 Å². The van der Waals surface area contributed by atoms with Crippen molar-refractivity contribution >= 4 is 0 Å². The van der Waals surface area contributed by atoms with E-state index >= 15 is 0 Å². The van der Waals surface area contributed by atoms with Gasteiger partial charge in [-0.25, -0.2) is 0 Å². The maximum atomic E-state index is 11.9. The Morgan fingerprint density at radius 3 is 2.47 bits per heavy atom. The van der Waals surface area contributed by atoms with Gasteiger partial charge in [0.15, 0.2) is 0 Å². The van der Waals surface area contributed by atoms with Gasteiger partial charge in [-0.1, -0.05) is 0 Å². The van der Waals surface area contributed by atoms with Crippen molar-refractivity contribution in [3.05, 3.63) is 0 Å². The van der Waals surface area contributed by atoms with E-state index in [0.29, 0.717) is 19.8 Å². The van der Waals surface area contributed by atoms with Gasteiger partial charge in [-0.15, -0.1) is 0 Å². The largest absolute Gasteiger partial charge is 0.411 e. The number of ether oxygens (including phenoxy) is 3. The molecule has 102 valence electrons. The summed E-state index contributed by atoms with van der Waals surface area (Å²) in [6.07, 6.45) is -4.62. The van der Waals surface area contributed by atoms with Crippen LogP contribution in [0, 0.1) is 0 Å². The van der Waals surface area contributed by atoms with Gasteiger partial charge in [0.1, 0.15) is 6.61 Å². The zero-order valence-corrected chi connectivity index (χ0v) is 9.83. The normalized spacial score (nSPS) is 20.5. The van der Waals surface area contributed by atoms with Crippen molar-refractivity contribution in [1.29, 1.82) is 0 Å². The summed E-state index contributed by atoms with van der Waals surface area (Å²) in [6, 6.07) is 0. The molecule has 0 amide bonds. The number of hydrogen-bond donors (Lipinski definition) is 0. The van der Waals surface area contributed by atoms with Crippen LogP contribution in [0.25, 0.3) is 0 Å². The van der Waals surface area contributed by atoms with Crippen LogP contribution in [0.4, 0.5) is 13.2 Å². The number of halogens is 3. The maximum Gasteiger partial charge on any atom is 0.411 e. The van der Waals surface area contributed by atoms with E-state index in [-0.39, 0.29) is 12.7 Å². The van der Waals surface area contributed by atoms with Crippen molar-refractivity contribution in [3.8, 4) is 0 Å². The summed E-state index contributed by atoms with van der Waals surface area (Å²) >= 11 is 0. The Labute approximate surface area is 98.6 Å². The molecule has 17 heavy (non-hydrogen) atoms. The monoisotopic (exact) mass is 257 g/mol. The van der Waals surface area contributed by atoms with Crippen LogP contribution in [-0.4, -0.2) is 70.4 Å². The minimum absolute atomic E-state index is 0.0482. The van der Waals surface area contributed by atoms with E-state index < -0.39 is 12.8 Å². The van der Waals surface area contributed by atoms with Gasteiger partial charge in [-0.2, -0.15) is 13.2 Å². The average Bonchev–Trinajstić information content (AvgIpc) is 2.27. The molecule has 0 spiro atoms. The Hall–Kier alpha value is -0.370. The van der Waals surface area contributed by atoms with Crippen molar-refractivity contribution in [1.82, 2.24) is 4.90 Å². The number of alkyl halides is 3. The smallest absolute Gasteiger partial charge is 0.379 e. The second-order valence-electron chi connectivity index (χ2n) is 3.90. The molecule has 0 saturated carbocycles. The van der Waals surface area contributed by atoms with Crippen LogP contribution in [0.15, 0.2) is 0 Å². The molecule has 1 atom stereocenters. The van der Waals surface area contributed by atoms with E-state index in [9.17, 15) is 13.2 Å². The molecule has 1 unspecified atom stereocenters. The number of rotatable bonds is 6. The van der Waals surface area contributed by atoms with Crippen molar-refractivity contribution in [2.75, 3.05) is 53.2 Å². The van der Waals surface area contributed by atoms with E-state index in [1.165, 1.54) is 7.11 Å². The third-order valence-electron chi connectivity index (χ3n) is 2.47. The lowest BCUT2D eigenvalue weighted by Crippen LogP contribution is -2.43. The highest BCUT2D eigenvalue weighted by Crippen LogP contribution is 2.14. The standard InChI is InChI=1S/C10H18F3NO3/c1-15-9(7-17-8-10(11,12)13)6-14-2-4-16-5-3-14/h9H,2-8H2,1H3. The molecule has 1 fully saturated rings. The summed E-state index contributed by atoms with van der Waals surface area (Å²) in [4.78, 5) is 2.09. The molecule has 1 saturated heterocycles. The molecule has 1 aliphatic heterocycles. The molecule has 0 N–H and O–H groups in total. The second-order valence-corrected chi connectivity index (χ2v) is 3.90. The third kappa shape index (κ3) is 6.82. The zero-order valence-electron chi connectivity index (χ0n) is 9.83. The van der Waals surface area contributed by atoms with Gasteiger partial charge in [-0.05, 0) is 0 Å². The molecular weight excluding hydrogens is 239 g/mol. The summed E-state index contributed by atoms with van der Waals surface area (Å²) in [7, 11) is 1.47. The SMILES string of the molecule is COC(COCC(F)(F)F)CN1CCOCC1. The quantitative estimate of drug-likeness (QED) is 0.708. The van der Waals surface area contributed by atoms with E-state index in [1.54, 1.807) is 0 Å². The van der Waals surface area contributed by atoms with Crippen LogP contribution in [-0.2, 0) is 14.2 Å². The molecule has 4 nitrogen and oxygen atoms in total. The maximum absolute atomic E-state index is 11.9. The molecule has 7 heteroatoms. The Morgan fingerprint density at radius 1 is 1.29 bits per heavy atom. The van der Waals surface area contributed by atoms with Crippen LogP contribution >= 0.6 is 0 Å². The minimum Gasteiger partial charge on any atom is -0.379 e. The minimum atomic E-state index is -4.28. The van der Waals surface area contributed by atoms with E-state index in [4.69, 9.17) is 9.47 Å². The van der Waals surface area contributed by atoms with E-state index in [2.05, 4.69) is 9.64 Å². The number of methoxy groups -OCH3 is 1. The fourth-order valence-electron chi connectivity index (χ4n) is 1.57. The van der Waals surface area contributed by atoms with Gasteiger partial charge in [0, 0.05) is 26.7 Å². The first-order valence-corrected chi connectivity index (χ1v) is 5.48. The Bertz CT molecular complexity index is 207. The molecule has 1 aliphatic rings. The lowest BCUT2D eigenvalue weighted by atomic mass is 10.3. The van der Waals surface area contributed by atoms with E-state index in [0.717, 1.165) is 13.1 Å². The average molecular weight is 257 g/mol. The van der Waals surface area contributed by atoms with Crippen molar-refractivity contribution in [2.24, 2.45) is 0 Å². The molecule has 1 rings (SSSR count). The first-order valence-electron chi connectivity index (χ1n) is 5.48. The summed E-state index contributed by atoms with van der Waals surface area (Å²) in [5, 5.41) is 0. The zero-order chi connectivity index (χ0) is 12.7.